The largest absolute Gasteiger partial charge is 0.369 e. The molecule has 0 saturated carbocycles. The van der Waals surface area contributed by atoms with Crippen molar-refractivity contribution in [2.24, 2.45) is 0 Å². The number of anilines is 1. The number of carbonyl (C=O) groups is 1. The molecule has 1 aliphatic heterocycles. The van der Waals surface area contributed by atoms with E-state index in [1.165, 1.54) is 5.69 Å². The second-order valence-electron chi connectivity index (χ2n) is 8.98. The van der Waals surface area contributed by atoms with Crippen LogP contribution in [-0.2, 0) is 11.3 Å². The van der Waals surface area contributed by atoms with Crippen molar-refractivity contribution in [3.63, 3.8) is 0 Å². The summed E-state index contributed by atoms with van der Waals surface area (Å²) in [7, 11) is 0. The maximum Gasteiger partial charge on any atom is 0.244 e. The molecule has 1 saturated heterocycles. The van der Waals surface area contributed by atoms with E-state index >= 15 is 0 Å². The van der Waals surface area contributed by atoms with Crippen molar-refractivity contribution in [2.45, 2.75) is 26.8 Å². The summed E-state index contributed by atoms with van der Waals surface area (Å²) in [5, 5.41) is 8.39. The van der Waals surface area contributed by atoms with E-state index in [4.69, 9.17) is 11.6 Å². The number of aromatic nitrogens is 2. The predicted octanol–water partition coefficient (Wildman–Crippen LogP) is 4.54. The zero-order chi connectivity index (χ0) is 24.6. The fourth-order valence-electron chi connectivity index (χ4n) is 4.49. The van der Waals surface area contributed by atoms with Crippen LogP contribution in [0.25, 0.3) is 6.08 Å². The Morgan fingerprint density at radius 3 is 2.49 bits per heavy atom. The maximum absolute atomic E-state index is 12.4. The summed E-state index contributed by atoms with van der Waals surface area (Å²) in [4.78, 5) is 17.3. The Morgan fingerprint density at radius 2 is 1.74 bits per heavy atom. The molecule has 35 heavy (non-hydrogen) atoms. The van der Waals surface area contributed by atoms with Gasteiger partial charge in [0.2, 0.25) is 5.91 Å². The summed E-state index contributed by atoms with van der Waals surface area (Å²) in [5.41, 5.74) is 5.21. The third kappa shape index (κ3) is 6.74. The molecule has 0 atom stereocenters. The van der Waals surface area contributed by atoms with Gasteiger partial charge in [-0.1, -0.05) is 48.0 Å². The molecule has 0 aliphatic carbocycles. The summed E-state index contributed by atoms with van der Waals surface area (Å²) in [6.07, 6.45) is 4.41. The summed E-state index contributed by atoms with van der Waals surface area (Å²) < 4.78 is 1.94. The van der Waals surface area contributed by atoms with E-state index < -0.39 is 0 Å². The number of piperazine rings is 1. The van der Waals surface area contributed by atoms with Gasteiger partial charge in [0.1, 0.15) is 0 Å². The van der Waals surface area contributed by atoms with Crippen LogP contribution in [0.5, 0.6) is 0 Å². The molecule has 6 nitrogen and oxygen atoms in total. The van der Waals surface area contributed by atoms with Crippen molar-refractivity contribution in [2.75, 3.05) is 44.2 Å². The maximum atomic E-state index is 12.4. The van der Waals surface area contributed by atoms with Crippen LogP contribution in [0.4, 0.5) is 5.69 Å². The van der Waals surface area contributed by atoms with Crippen LogP contribution in [0, 0.1) is 13.8 Å². The van der Waals surface area contributed by atoms with Crippen molar-refractivity contribution in [3.05, 3.63) is 88.2 Å². The highest BCUT2D eigenvalue weighted by Crippen LogP contribution is 2.20. The molecule has 1 aliphatic rings. The van der Waals surface area contributed by atoms with E-state index in [1.807, 2.05) is 48.9 Å². The van der Waals surface area contributed by atoms with Crippen LogP contribution in [0.1, 0.15) is 28.9 Å². The highest BCUT2D eigenvalue weighted by atomic mass is 35.5. The minimum absolute atomic E-state index is 0.0726. The summed E-state index contributed by atoms with van der Waals surface area (Å²) in [5.74, 6) is -0.0726. The van der Waals surface area contributed by atoms with Crippen LogP contribution in [0.15, 0.2) is 60.7 Å². The van der Waals surface area contributed by atoms with Crippen LogP contribution in [0.2, 0.25) is 5.02 Å². The zero-order valence-corrected chi connectivity index (χ0v) is 21.3. The number of halogens is 1. The molecular formula is C28H34ClN5O. The summed E-state index contributed by atoms with van der Waals surface area (Å²) in [6.45, 7) is 10.5. The third-order valence-corrected chi connectivity index (χ3v) is 6.93. The molecule has 0 bridgehead atoms. The van der Waals surface area contributed by atoms with Gasteiger partial charge in [0, 0.05) is 60.8 Å². The number of rotatable bonds is 9. The molecule has 184 valence electrons. The predicted molar refractivity (Wildman–Crippen MR) is 144 cm³/mol. The number of amides is 1. The van der Waals surface area contributed by atoms with E-state index in [0.29, 0.717) is 13.1 Å². The van der Waals surface area contributed by atoms with Crippen molar-refractivity contribution < 1.29 is 4.79 Å². The topological polar surface area (TPSA) is 53.4 Å². The van der Waals surface area contributed by atoms with E-state index in [9.17, 15) is 4.79 Å². The molecule has 1 N–H and O–H groups in total. The van der Waals surface area contributed by atoms with E-state index in [0.717, 1.165) is 66.7 Å². The van der Waals surface area contributed by atoms with Crippen LogP contribution < -0.4 is 10.2 Å². The minimum Gasteiger partial charge on any atom is -0.369 e. The number of aryl methyl sites for hydroxylation is 1. The Morgan fingerprint density at radius 1 is 1.03 bits per heavy atom. The first kappa shape index (κ1) is 25.0. The van der Waals surface area contributed by atoms with Gasteiger partial charge < -0.3 is 10.2 Å². The Labute approximate surface area is 213 Å². The van der Waals surface area contributed by atoms with Gasteiger partial charge >= 0.3 is 0 Å². The number of carbonyl (C=O) groups excluding carboxylic acids is 1. The number of nitrogens with one attached hydrogen (secondary N) is 1. The van der Waals surface area contributed by atoms with Gasteiger partial charge in [-0.25, -0.2) is 0 Å². The van der Waals surface area contributed by atoms with Gasteiger partial charge in [-0.15, -0.1) is 0 Å². The van der Waals surface area contributed by atoms with Crippen molar-refractivity contribution in [1.29, 1.82) is 0 Å². The third-order valence-electron chi connectivity index (χ3n) is 6.56. The van der Waals surface area contributed by atoms with Gasteiger partial charge in [0.25, 0.3) is 0 Å². The average molecular weight is 492 g/mol. The monoisotopic (exact) mass is 491 g/mol. The zero-order valence-electron chi connectivity index (χ0n) is 20.6. The lowest BCUT2D eigenvalue weighted by Crippen LogP contribution is -2.47. The average Bonchev–Trinajstić information content (AvgIpc) is 3.14. The first-order valence-electron chi connectivity index (χ1n) is 12.3. The highest BCUT2D eigenvalue weighted by molar-refractivity contribution is 6.31. The van der Waals surface area contributed by atoms with Crippen LogP contribution in [-0.4, -0.2) is 59.9 Å². The Kier molecular flexibility index (Phi) is 8.61. The molecule has 1 amide bonds. The molecule has 2 aromatic carbocycles. The Balaban J connectivity index is 1.19. The van der Waals surface area contributed by atoms with Gasteiger partial charge in [-0.05, 0) is 56.7 Å². The van der Waals surface area contributed by atoms with Gasteiger partial charge in [0.15, 0.2) is 0 Å². The quantitative estimate of drug-likeness (QED) is 0.352. The summed E-state index contributed by atoms with van der Waals surface area (Å²) in [6, 6.07) is 18.4. The highest BCUT2D eigenvalue weighted by Gasteiger charge is 2.16. The first-order chi connectivity index (χ1) is 17.0. The summed E-state index contributed by atoms with van der Waals surface area (Å²) >= 11 is 6.30. The Bertz CT molecular complexity index is 1150. The lowest BCUT2D eigenvalue weighted by molar-refractivity contribution is -0.116. The van der Waals surface area contributed by atoms with Crippen LogP contribution >= 0.6 is 11.6 Å². The van der Waals surface area contributed by atoms with Crippen LogP contribution in [0.3, 0.4) is 0 Å². The lowest BCUT2D eigenvalue weighted by atomic mass is 10.1. The second kappa shape index (κ2) is 12.0. The normalized spacial score (nSPS) is 14.5. The second-order valence-corrected chi connectivity index (χ2v) is 9.38. The van der Waals surface area contributed by atoms with Gasteiger partial charge in [0.05, 0.1) is 12.2 Å². The van der Waals surface area contributed by atoms with Crippen molar-refractivity contribution >= 4 is 29.3 Å². The SMILES string of the molecule is Cc1nn(Cc2ccccc2Cl)c(C)c1/C=C/C(=O)NCCCN1CCN(c2ccccc2)CC1. The molecule has 2 heterocycles. The molecule has 0 spiro atoms. The molecule has 1 aromatic heterocycles. The molecule has 0 unspecified atom stereocenters. The standard InChI is InChI=1S/C28H34ClN5O/c1-22-26(23(2)34(31-22)21-24-9-6-7-12-27(24)29)13-14-28(35)30-15-8-16-32-17-19-33(20-18-32)25-10-4-3-5-11-25/h3-7,9-14H,8,15-21H2,1-2H3,(H,30,35)/b14-13+. The molecule has 0 radical (unpaired) electrons. The Hall–Kier alpha value is -3.09. The van der Waals surface area contributed by atoms with E-state index in [1.54, 1.807) is 6.08 Å². The molecule has 7 heteroatoms. The lowest BCUT2D eigenvalue weighted by Gasteiger charge is -2.36. The molecule has 1 fully saturated rings. The fourth-order valence-corrected chi connectivity index (χ4v) is 4.69. The number of nitrogens with zero attached hydrogens (tertiary/aromatic N) is 4. The molecule has 3 aromatic rings. The smallest absolute Gasteiger partial charge is 0.244 e. The van der Waals surface area contributed by atoms with E-state index in [2.05, 4.69) is 50.5 Å². The molecular weight excluding hydrogens is 458 g/mol. The van der Waals surface area contributed by atoms with Crippen molar-refractivity contribution in [1.82, 2.24) is 20.0 Å². The molecule has 4 rings (SSSR count). The minimum atomic E-state index is -0.0726. The number of hydrogen-bond acceptors (Lipinski definition) is 4. The van der Waals surface area contributed by atoms with Crippen molar-refractivity contribution in [3.8, 4) is 0 Å². The van der Waals surface area contributed by atoms with Gasteiger partial charge in [-0.2, -0.15) is 5.10 Å². The number of hydrogen-bond donors (Lipinski definition) is 1. The number of benzene rings is 2. The number of para-hydroxylation sites is 1. The van der Waals surface area contributed by atoms with E-state index in [-0.39, 0.29) is 5.91 Å². The van der Waals surface area contributed by atoms with Gasteiger partial charge in [-0.3, -0.25) is 14.4 Å². The fraction of sp³-hybridized carbons (Fsp3) is 0.357. The first-order valence-corrected chi connectivity index (χ1v) is 12.6.